The molecule has 2 heterocycles. The smallest absolute Gasteiger partial charge is 0.228 e. The molecule has 21 heavy (non-hydrogen) atoms. The normalized spacial score (nSPS) is 17.8. The van der Waals surface area contributed by atoms with E-state index in [1.807, 2.05) is 0 Å². The molecule has 0 saturated heterocycles. The van der Waals surface area contributed by atoms with Gasteiger partial charge in [-0.05, 0) is 25.8 Å². The second kappa shape index (κ2) is 8.65. The maximum atomic E-state index is 11.9. The van der Waals surface area contributed by atoms with Gasteiger partial charge in [0.15, 0.2) is 5.78 Å². The summed E-state index contributed by atoms with van der Waals surface area (Å²) >= 11 is 0. The molecular formula is C17H25NO3. The molecule has 1 aromatic rings. The molecule has 0 atom stereocenters. The lowest BCUT2D eigenvalue weighted by atomic mass is 10.1. The van der Waals surface area contributed by atoms with Gasteiger partial charge in [0, 0.05) is 6.20 Å². The molecular weight excluding hydrogens is 266 g/mol. The predicted molar refractivity (Wildman–Crippen MR) is 82.2 cm³/mol. The van der Waals surface area contributed by atoms with Crippen LogP contribution in [0.4, 0.5) is 0 Å². The average molecular weight is 291 g/mol. The highest BCUT2D eigenvalue weighted by molar-refractivity contribution is 5.99. The molecule has 4 heteroatoms. The van der Waals surface area contributed by atoms with Crippen molar-refractivity contribution in [1.82, 2.24) is 4.98 Å². The summed E-state index contributed by atoms with van der Waals surface area (Å²) < 4.78 is 11.5. The number of ether oxygens (including phenoxy) is 2. The van der Waals surface area contributed by atoms with E-state index in [9.17, 15) is 4.79 Å². The van der Waals surface area contributed by atoms with Gasteiger partial charge in [-0.1, -0.05) is 38.5 Å². The molecule has 0 fully saturated rings. The molecule has 0 N–H and O–H groups in total. The molecule has 0 unspecified atom stereocenters. The molecule has 1 aliphatic heterocycles. The number of nitrogens with zero attached hydrogens (tertiary/aromatic N) is 1. The first kappa shape index (κ1) is 15.8. The topological polar surface area (TPSA) is 48.4 Å². The van der Waals surface area contributed by atoms with Gasteiger partial charge in [-0.2, -0.15) is 0 Å². The standard InChI is InChI=1S/C17H25NO3/c1-14(19)16-15-10-11-18-17(16)21-13-9-7-5-3-2-4-6-8-12-20-15/h10-11H,2-9,12-13H2,1H3. The van der Waals surface area contributed by atoms with Gasteiger partial charge < -0.3 is 9.47 Å². The predicted octanol–water partition coefficient (Wildman–Crippen LogP) is 4.18. The van der Waals surface area contributed by atoms with Crippen molar-refractivity contribution in [3.63, 3.8) is 0 Å². The van der Waals surface area contributed by atoms with E-state index in [1.165, 1.54) is 45.4 Å². The highest BCUT2D eigenvalue weighted by Crippen LogP contribution is 2.27. The van der Waals surface area contributed by atoms with Gasteiger partial charge in [0.1, 0.15) is 11.3 Å². The maximum absolute atomic E-state index is 11.9. The van der Waals surface area contributed by atoms with Crippen LogP contribution in [0.2, 0.25) is 0 Å². The molecule has 2 rings (SSSR count). The Morgan fingerprint density at radius 3 is 2.14 bits per heavy atom. The summed E-state index contributed by atoms with van der Waals surface area (Å²) in [5, 5.41) is 0. The Bertz CT molecular complexity index is 427. The van der Waals surface area contributed by atoms with Crippen molar-refractivity contribution in [2.75, 3.05) is 13.2 Å². The number of hydrogen-bond acceptors (Lipinski definition) is 4. The van der Waals surface area contributed by atoms with Crippen LogP contribution in [0.5, 0.6) is 11.6 Å². The van der Waals surface area contributed by atoms with E-state index >= 15 is 0 Å². The van der Waals surface area contributed by atoms with Gasteiger partial charge in [-0.3, -0.25) is 4.79 Å². The van der Waals surface area contributed by atoms with Gasteiger partial charge in [-0.15, -0.1) is 0 Å². The van der Waals surface area contributed by atoms with Crippen LogP contribution in [0.3, 0.4) is 0 Å². The molecule has 4 nitrogen and oxygen atoms in total. The number of Topliss-reactive ketones (excluding diaryl/α,β-unsaturated/α-hetero) is 1. The third kappa shape index (κ3) is 5.03. The fourth-order valence-electron chi connectivity index (χ4n) is 2.60. The summed E-state index contributed by atoms with van der Waals surface area (Å²) in [6, 6.07) is 1.75. The molecule has 0 aliphatic carbocycles. The lowest BCUT2D eigenvalue weighted by Crippen LogP contribution is -2.08. The van der Waals surface area contributed by atoms with Crippen molar-refractivity contribution >= 4 is 5.78 Å². The minimum Gasteiger partial charge on any atom is -0.493 e. The van der Waals surface area contributed by atoms with Gasteiger partial charge in [-0.25, -0.2) is 4.98 Å². The molecule has 0 spiro atoms. The number of pyridine rings is 1. The quantitative estimate of drug-likeness (QED) is 0.728. The molecule has 0 amide bonds. The first-order chi connectivity index (χ1) is 10.3. The van der Waals surface area contributed by atoms with Crippen LogP contribution in [0.1, 0.15) is 68.6 Å². The van der Waals surface area contributed by atoms with Gasteiger partial charge >= 0.3 is 0 Å². The molecule has 2 bridgehead atoms. The summed E-state index contributed by atoms with van der Waals surface area (Å²) in [5.41, 5.74) is 0.479. The largest absolute Gasteiger partial charge is 0.493 e. The monoisotopic (exact) mass is 291 g/mol. The molecule has 0 aromatic carbocycles. The fraction of sp³-hybridized carbons (Fsp3) is 0.647. The number of aromatic nitrogens is 1. The highest BCUT2D eigenvalue weighted by Gasteiger charge is 2.17. The van der Waals surface area contributed by atoms with Crippen molar-refractivity contribution in [2.24, 2.45) is 0 Å². The van der Waals surface area contributed by atoms with Gasteiger partial charge in [0.25, 0.3) is 0 Å². The van der Waals surface area contributed by atoms with Crippen LogP contribution in [-0.2, 0) is 0 Å². The summed E-state index contributed by atoms with van der Waals surface area (Å²) in [7, 11) is 0. The number of carbonyl (C=O) groups is 1. The zero-order valence-corrected chi connectivity index (χ0v) is 12.9. The first-order valence-corrected chi connectivity index (χ1v) is 8.04. The Morgan fingerprint density at radius 1 is 0.952 bits per heavy atom. The number of ketones is 1. The summed E-state index contributed by atoms with van der Waals surface area (Å²) in [4.78, 5) is 16.1. The molecule has 0 saturated carbocycles. The van der Waals surface area contributed by atoms with Crippen molar-refractivity contribution in [3.05, 3.63) is 17.8 Å². The lowest BCUT2D eigenvalue weighted by molar-refractivity contribution is 0.100. The summed E-state index contributed by atoms with van der Waals surface area (Å²) in [5.74, 6) is 0.953. The van der Waals surface area contributed by atoms with E-state index in [1.54, 1.807) is 12.3 Å². The number of hydrogen-bond donors (Lipinski definition) is 0. The molecule has 1 aliphatic rings. The maximum Gasteiger partial charge on any atom is 0.228 e. The highest BCUT2D eigenvalue weighted by atomic mass is 16.5. The Morgan fingerprint density at radius 2 is 1.52 bits per heavy atom. The fourth-order valence-corrected chi connectivity index (χ4v) is 2.60. The van der Waals surface area contributed by atoms with Crippen LogP contribution in [0.15, 0.2) is 12.3 Å². The second-order valence-corrected chi connectivity index (χ2v) is 5.57. The Kier molecular flexibility index (Phi) is 6.51. The van der Waals surface area contributed by atoms with Crippen LogP contribution in [-0.4, -0.2) is 24.0 Å². The summed E-state index contributed by atoms with van der Waals surface area (Å²) in [6.07, 6.45) is 11.2. The Labute approximate surface area is 126 Å². The summed E-state index contributed by atoms with van der Waals surface area (Å²) in [6.45, 7) is 2.78. The van der Waals surface area contributed by atoms with Crippen molar-refractivity contribution in [3.8, 4) is 11.6 Å². The van der Waals surface area contributed by atoms with E-state index in [0.29, 0.717) is 30.4 Å². The second-order valence-electron chi connectivity index (χ2n) is 5.57. The van der Waals surface area contributed by atoms with E-state index in [-0.39, 0.29) is 5.78 Å². The van der Waals surface area contributed by atoms with Gasteiger partial charge in [0.05, 0.1) is 13.2 Å². The average Bonchev–Trinajstić information content (AvgIpc) is 2.47. The van der Waals surface area contributed by atoms with Crippen LogP contribution in [0.25, 0.3) is 0 Å². The van der Waals surface area contributed by atoms with E-state index < -0.39 is 0 Å². The minimum absolute atomic E-state index is 0.0579. The van der Waals surface area contributed by atoms with E-state index in [0.717, 1.165) is 12.8 Å². The molecule has 1 aromatic heterocycles. The van der Waals surface area contributed by atoms with Crippen LogP contribution >= 0.6 is 0 Å². The third-order valence-corrected chi connectivity index (χ3v) is 3.77. The van der Waals surface area contributed by atoms with E-state index in [4.69, 9.17) is 9.47 Å². The number of rotatable bonds is 1. The van der Waals surface area contributed by atoms with Crippen LogP contribution in [0, 0.1) is 0 Å². The Hall–Kier alpha value is -1.58. The van der Waals surface area contributed by atoms with Crippen molar-refractivity contribution < 1.29 is 14.3 Å². The SMILES string of the molecule is CC(=O)c1c2ccnc1OCCCCCCCCCCO2. The lowest BCUT2D eigenvalue weighted by Gasteiger charge is -2.13. The van der Waals surface area contributed by atoms with E-state index in [2.05, 4.69) is 4.98 Å². The zero-order chi connectivity index (χ0) is 14.9. The molecule has 0 radical (unpaired) electrons. The minimum atomic E-state index is -0.0579. The third-order valence-electron chi connectivity index (χ3n) is 3.77. The zero-order valence-electron chi connectivity index (χ0n) is 12.9. The Balaban J connectivity index is 2.11. The number of fused-ring (bicyclic) bond motifs is 2. The van der Waals surface area contributed by atoms with Crippen molar-refractivity contribution in [1.29, 1.82) is 0 Å². The molecule has 116 valence electrons. The van der Waals surface area contributed by atoms with Crippen LogP contribution < -0.4 is 9.47 Å². The first-order valence-electron chi connectivity index (χ1n) is 8.04. The number of carbonyl (C=O) groups excluding carboxylic acids is 1. The van der Waals surface area contributed by atoms with Gasteiger partial charge in [0.2, 0.25) is 5.88 Å². The van der Waals surface area contributed by atoms with Crippen molar-refractivity contribution in [2.45, 2.75) is 58.3 Å².